The van der Waals surface area contributed by atoms with Gasteiger partial charge in [0.25, 0.3) is 11.1 Å². The molecule has 3 amide bonds. The van der Waals surface area contributed by atoms with Gasteiger partial charge in [0.15, 0.2) is 0 Å². The molecule has 1 aliphatic heterocycles. The second-order valence-electron chi connectivity index (χ2n) is 4.45. The number of benzene rings is 1. The predicted octanol–water partition coefficient (Wildman–Crippen LogP) is 2.88. The van der Waals surface area contributed by atoms with E-state index in [9.17, 15) is 14.4 Å². The van der Waals surface area contributed by atoms with Crippen molar-refractivity contribution in [2.24, 2.45) is 0 Å². The van der Waals surface area contributed by atoms with E-state index in [-0.39, 0.29) is 11.1 Å². The summed E-state index contributed by atoms with van der Waals surface area (Å²) >= 11 is 0.850. The van der Waals surface area contributed by atoms with Gasteiger partial charge in [0.1, 0.15) is 11.8 Å². The second kappa shape index (κ2) is 5.53. The molecule has 2 heterocycles. The van der Waals surface area contributed by atoms with Crippen LogP contribution in [0.1, 0.15) is 5.56 Å². The highest BCUT2D eigenvalue weighted by molar-refractivity contribution is 8.18. The predicted molar refractivity (Wildman–Crippen MR) is 84.1 cm³/mol. The molecule has 0 radical (unpaired) electrons. The first-order valence-electron chi connectivity index (χ1n) is 6.26. The van der Waals surface area contributed by atoms with Gasteiger partial charge < -0.3 is 9.73 Å². The second-order valence-corrected chi connectivity index (χ2v) is 5.47. The first-order valence-corrected chi connectivity index (χ1v) is 7.08. The van der Waals surface area contributed by atoms with Crippen LogP contribution in [-0.4, -0.2) is 17.1 Å². The lowest BCUT2D eigenvalue weighted by Gasteiger charge is -2.00. The Kier molecular flexibility index (Phi) is 3.56. The average molecular weight is 314 g/mol. The number of amides is 3. The minimum absolute atomic E-state index is 0.324. The molecule has 7 heteroatoms. The van der Waals surface area contributed by atoms with Crippen molar-refractivity contribution in [3.8, 4) is 0 Å². The van der Waals surface area contributed by atoms with Gasteiger partial charge in [-0.3, -0.25) is 19.7 Å². The van der Waals surface area contributed by atoms with Crippen LogP contribution < -0.4 is 10.6 Å². The number of thioether (sulfide) groups is 1. The molecule has 0 aliphatic carbocycles. The van der Waals surface area contributed by atoms with Gasteiger partial charge in [-0.1, -0.05) is 12.6 Å². The molecule has 2 aromatic rings. The van der Waals surface area contributed by atoms with Crippen molar-refractivity contribution in [1.29, 1.82) is 0 Å². The molecule has 3 rings (SSSR count). The molecule has 1 aromatic heterocycles. The molecule has 0 spiro atoms. The lowest BCUT2D eigenvalue weighted by atomic mass is 10.1. The molecule has 1 aliphatic rings. The number of rotatable bonds is 3. The van der Waals surface area contributed by atoms with Gasteiger partial charge in [0.05, 0.1) is 10.6 Å². The Morgan fingerprint density at radius 2 is 2.18 bits per heavy atom. The Hall–Kier alpha value is -2.80. The minimum atomic E-state index is -0.414. The maximum absolute atomic E-state index is 11.5. The van der Waals surface area contributed by atoms with Gasteiger partial charge in [0, 0.05) is 5.39 Å². The third-order valence-corrected chi connectivity index (χ3v) is 3.79. The van der Waals surface area contributed by atoms with E-state index < -0.39 is 5.91 Å². The van der Waals surface area contributed by atoms with E-state index in [0.29, 0.717) is 21.6 Å². The summed E-state index contributed by atoms with van der Waals surface area (Å²) in [7, 11) is 0. The highest BCUT2D eigenvalue weighted by atomic mass is 32.2. The summed E-state index contributed by atoms with van der Waals surface area (Å²) in [4.78, 5) is 34.4. The van der Waals surface area contributed by atoms with Crippen LogP contribution in [0.25, 0.3) is 17.0 Å². The number of hydrogen-bond acceptors (Lipinski definition) is 5. The highest BCUT2D eigenvalue weighted by Crippen LogP contribution is 2.30. The van der Waals surface area contributed by atoms with Crippen molar-refractivity contribution in [3.05, 3.63) is 47.6 Å². The molecular formula is C15H10N2O4S. The summed E-state index contributed by atoms with van der Waals surface area (Å²) in [5, 5.41) is 5.14. The molecule has 0 saturated carbocycles. The number of hydrogen-bond donors (Lipinski definition) is 2. The molecule has 1 fully saturated rings. The summed E-state index contributed by atoms with van der Waals surface area (Å²) in [6.07, 6.45) is 4.20. The fourth-order valence-electron chi connectivity index (χ4n) is 1.99. The Labute approximate surface area is 129 Å². The molecule has 1 aromatic carbocycles. The number of carbonyl (C=O) groups excluding carboxylic acids is 3. The average Bonchev–Trinajstić information content (AvgIpc) is 3.02. The summed E-state index contributed by atoms with van der Waals surface area (Å²) in [5.74, 6) is -0.759. The number of nitrogens with one attached hydrogen (secondary N) is 2. The van der Waals surface area contributed by atoms with E-state index >= 15 is 0 Å². The molecular weight excluding hydrogens is 304 g/mol. The molecule has 110 valence electrons. The van der Waals surface area contributed by atoms with Crippen LogP contribution in [0.2, 0.25) is 0 Å². The van der Waals surface area contributed by atoms with Gasteiger partial charge in [-0.2, -0.15) is 0 Å². The third kappa shape index (κ3) is 2.66. The van der Waals surface area contributed by atoms with Crippen molar-refractivity contribution in [3.63, 3.8) is 0 Å². The summed E-state index contributed by atoms with van der Waals surface area (Å²) in [6.45, 7) is 3.39. The van der Waals surface area contributed by atoms with Gasteiger partial charge in [-0.15, -0.1) is 0 Å². The number of imide groups is 1. The first-order chi connectivity index (χ1) is 10.6. The van der Waals surface area contributed by atoms with Crippen LogP contribution in [0, 0.1) is 0 Å². The molecule has 1 saturated heterocycles. The molecule has 2 N–H and O–H groups in total. The number of furan rings is 1. The van der Waals surface area contributed by atoms with Gasteiger partial charge >= 0.3 is 0 Å². The highest BCUT2D eigenvalue weighted by Gasteiger charge is 2.25. The summed E-state index contributed by atoms with van der Waals surface area (Å²) in [5.41, 5.74) is 1.83. The Morgan fingerprint density at radius 1 is 1.36 bits per heavy atom. The van der Waals surface area contributed by atoms with Gasteiger partial charge in [-0.25, -0.2) is 0 Å². The zero-order valence-corrected chi connectivity index (χ0v) is 12.0. The van der Waals surface area contributed by atoms with Gasteiger partial charge in [0.2, 0.25) is 5.91 Å². The first kappa shape index (κ1) is 14.2. The Morgan fingerprint density at radius 3 is 2.86 bits per heavy atom. The van der Waals surface area contributed by atoms with E-state index in [0.717, 1.165) is 23.4 Å². The summed E-state index contributed by atoms with van der Waals surface area (Å²) < 4.78 is 5.35. The van der Waals surface area contributed by atoms with E-state index in [4.69, 9.17) is 4.42 Å². The van der Waals surface area contributed by atoms with E-state index in [1.54, 1.807) is 24.3 Å². The quantitative estimate of drug-likeness (QED) is 0.850. The van der Waals surface area contributed by atoms with Crippen LogP contribution in [0.15, 0.2) is 46.4 Å². The van der Waals surface area contributed by atoms with E-state index in [1.165, 1.54) is 6.26 Å². The van der Waals surface area contributed by atoms with Crippen LogP contribution in [0.3, 0.4) is 0 Å². The van der Waals surface area contributed by atoms with Gasteiger partial charge in [-0.05, 0) is 41.6 Å². The smallest absolute Gasteiger partial charge is 0.290 e. The molecule has 0 atom stereocenters. The normalized spacial score (nSPS) is 16.1. The van der Waals surface area contributed by atoms with Crippen molar-refractivity contribution in [2.45, 2.75) is 0 Å². The van der Waals surface area contributed by atoms with Crippen LogP contribution >= 0.6 is 11.8 Å². The van der Waals surface area contributed by atoms with Crippen LogP contribution in [0.5, 0.6) is 0 Å². The molecule has 0 unspecified atom stereocenters. The van der Waals surface area contributed by atoms with E-state index in [1.807, 2.05) is 0 Å². The fourth-order valence-corrected chi connectivity index (χ4v) is 2.67. The SMILES string of the molecule is C=CC(=O)Nc1coc2ccc(C=C3SC(=O)NC3=O)cc12. The zero-order valence-electron chi connectivity index (χ0n) is 11.2. The van der Waals surface area contributed by atoms with Crippen molar-refractivity contribution >= 4 is 51.5 Å². The van der Waals surface area contributed by atoms with Crippen molar-refractivity contribution in [1.82, 2.24) is 5.32 Å². The zero-order chi connectivity index (χ0) is 15.7. The van der Waals surface area contributed by atoms with Crippen LogP contribution in [-0.2, 0) is 9.59 Å². The number of fused-ring (bicyclic) bond motifs is 1. The third-order valence-electron chi connectivity index (χ3n) is 2.98. The van der Waals surface area contributed by atoms with E-state index in [2.05, 4.69) is 17.2 Å². The topological polar surface area (TPSA) is 88.4 Å². The standard InChI is InChI=1S/C15H10N2O4S/c1-2-13(18)16-10-7-21-11-4-3-8(5-9(10)11)6-12-14(19)17-15(20)22-12/h2-7H,1H2,(H,16,18)(H,17,19,20). The summed E-state index contributed by atoms with van der Waals surface area (Å²) in [6, 6.07) is 5.25. The largest absolute Gasteiger partial charge is 0.462 e. The maximum atomic E-state index is 11.5. The number of anilines is 1. The van der Waals surface area contributed by atoms with Crippen LogP contribution in [0.4, 0.5) is 10.5 Å². The minimum Gasteiger partial charge on any atom is -0.462 e. The molecule has 22 heavy (non-hydrogen) atoms. The lowest BCUT2D eigenvalue weighted by Crippen LogP contribution is -2.17. The maximum Gasteiger partial charge on any atom is 0.290 e. The molecule has 6 nitrogen and oxygen atoms in total. The fraction of sp³-hybridized carbons (Fsp3) is 0. The monoisotopic (exact) mass is 314 g/mol. The lowest BCUT2D eigenvalue weighted by molar-refractivity contribution is -0.115. The van der Waals surface area contributed by atoms with Crippen molar-refractivity contribution in [2.75, 3.05) is 5.32 Å². The Bertz CT molecular complexity index is 850. The Balaban J connectivity index is 1.98. The molecule has 0 bridgehead atoms. The van der Waals surface area contributed by atoms with Crippen molar-refractivity contribution < 1.29 is 18.8 Å². The number of carbonyl (C=O) groups is 3.